The predicted molar refractivity (Wildman–Crippen MR) is 52.7 cm³/mol. The minimum Gasteiger partial charge on any atom is -0.261 e. The molecule has 13 heavy (non-hydrogen) atoms. The molecule has 0 aliphatic carbocycles. The molecular weight excluding hydrogens is 160 g/mol. The van der Waals surface area contributed by atoms with E-state index in [0.717, 1.165) is 16.5 Å². The summed E-state index contributed by atoms with van der Waals surface area (Å²) in [6.07, 6.45) is 1.83. The van der Waals surface area contributed by atoms with E-state index in [-0.39, 0.29) is 0 Å². The lowest BCUT2D eigenvalue weighted by molar-refractivity contribution is 1.22. The molecule has 0 fully saturated rings. The van der Waals surface area contributed by atoms with Crippen LogP contribution in [-0.2, 0) is 0 Å². The van der Waals surface area contributed by atoms with Crippen LogP contribution in [0.25, 0.3) is 15.6 Å². The predicted octanol–water partition coefficient (Wildman–Crippen LogP) is 3.09. The summed E-state index contributed by atoms with van der Waals surface area (Å²) < 4.78 is 0. The highest BCUT2D eigenvalue weighted by Gasteiger charge is 1.96. The Morgan fingerprint density at radius 2 is 2.08 bits per heavy atom. The van der Waals surface area contributed by atoms with Gasteiger partial charge < -0.3 is 0 Å². The average Bonchev–Trinajstić information content (AvgIpc) is 2.16. The Labute approximate surface area is 76.7 Å². The van der Waals surface area contributed by atoms with Crippen LogP contribution in [0.5, 0.6) is 0 Å². The maximum atomic E-state index is 6.88. The lowest BCUT2D eigenvalue weighted by Crippen LogP contribution is -1.79. The molecule has 0 radical (unpaired) electrons. The molecule has 0 unspecified atom stereocenters. The first-order valence-corrected chi connectivity index (χ1v) is 4.03. The number of nitrogens with zero attached hydrogens (tertiary/aromatic N) is 2. The molecule has 1 aromatic carbocycles. The van der Waals surface area contributed by atoms with E-state index in [0.29, 0.717) is 5.69 Å². The lowest BCUT2D eigenvalue weighted by Gasteiger charge is -1.98. The molecule has 2 nitrogen and oxygen atoms in total. The van der Waals surface area contributed by atoms with Crippen molar-refractivity contribution < 1.29 is 0 Å². The van der Waals surface area contributed by atoms with Gasteiger partial charge in [0.15, 0.2) is 5.69 Å². The molecule has 0 bridgehead atoms. The maximum Gasteiger partial charge on any atom is 0.187 e. The second-order valence-corrected chi connectivity index (χ2v) is 2.97. The Balaban J connectivity index is 2.77. The fourth-order valence-electron chi connectivity index (χ4n) is 1.31. The minimum absolute atomic E-state index is 0.679. The van der Waals surface area contributed by atoms with Crippen molar-refractivity contribution in [1.29, 1.82) is 0 Å². The van der Waals surface area contributed by atoms with Crippen molar-refractivity contribution in [3.05, 3.63) is 47.6 Å². The number of aryl methyl sites for hydroxylation is 1. The zero-order valence-corrected chi connectivity index (χ0v) is 7.28. The van der Waals surface area contributed by atoms with E-state index in [9.17, 15) is 0 Å². The van der Waals surface area contributed by atoms with Gasteiger partial charge in [-0.15, -0.1) is 0 Å². The van der Waals surface area contributed by atoms with Crippen LogP contribution in [0.3, 0.4) is 0 Å². The number of aromatic nitrogens is 1. The fraction of sp³-hybridized carbons (Fsp3) is 0.0909. The molecule has 0 amide bonds. The van der Waals surface area contributed by atoms with Gasteiger partial charge in [-0.2, -0.15) is 0 Å². The first kappa shape index (κ1) is 7.75. The molecule has 2 heteroatoms. The first-order chi connectivity index (χ1) is 6.29. The minimum atomic E-state index is 0.679. The summed E-state index contributed by atoms with van der Waals surface area (Å²) in [6, 6.07) is 7.61. The van der Waals surface area contributed by atoms with Crippen molar-refractivity contribution in [2.45, 2.75) is 6.92 Å². The van der Waals surface area contributed by atoms with Gasteiger partial charge in [-0.05, 0) is 29.8 Å². The Bertz CT molecular complexity index is 495. The Hall–Kier alpha value is -1.88. The zero-order chi connectivity index (χ0) is 9.26. The quantitative estimate of drug-likeness (QED) is 0.552. The normalized spacial score (nSPS) is 9.85. The fourth-order valence-corrected chi connectivity index (χ4v) is 1.31. The molecule has 0 N–H and O–H groups in total. The molecule has 0 atom stereocenters. The van der Waals surface area contributed by atoms with Crippen LogP contribution < -0.4 is 0 Å². The van der Waals surface area contributed by atoms with E-state index in [1.165, 1.54) is 0 Å². The van der Waals surface area contributed by atoms with E-state index < -0.39 is 0 Å². The molecule has 0 saturated carbocycles. The number of rotatable bonds is 0. The third kappa shape index (κ3) is 1.36. The van der Waals surface area contributed by atoms with Crippen LogP contribution in [0.15, 0.2) is 30.5 Å². The monoisotopic (exact) mass is 168 g/mol. The summed E-state index contributed by atoms with van der Waals surface area (Å²) in [5.41, 5.74) is 1.66. The second-order valence-electron chi connectivity index (χ2n) is 2.97. The van der Waals surface area contributed by atoms with Gasteiger partial charge in [-0.3, -0.25) is 4.98 Å². The Morgan fingerprint density at radius 3 is 2.85 bits per heavy atom. The largest absolute Gasteiger partial charge is 0.261 e. The van der Waals surface area contributed by atoms with Gasteiger partial charge in [0.2, 0.25) is 0 Å². The van der Waals surface area contributed by atoms with Gasteiger partial charge in [0, 0.05) is 11.9 Å². The SMILES string of the molecule is [C-]#[N+]c1ccc2cnc(C)cc2c1. The van der Waals surface area contributed by atoms with Crippen molar-refractivity contribution in [3.63, 3.8) is 0 Å². The number of benzene rings is 1. The molecule has 2 aromatic rings. The van der Waals surface area contributed by atoms with Gasteiger partial charge in [0.1, 0.15) is 0 Å². The van der Waals surface area contributed by atoms with Gasteiger partial charge in [0.05, 0.1) is 6.57 Å². The van der Waals surface area contributed by atoms with E-state index in [4.69, 9.17) is 6.57 Å². The molecule has 1 aromatic heterocycles. The molecule has 62 valence electrons. The first-order valence-electron chi connectivity index (χ1n) is 4.03. The summed E-state index contributed by atoms with van der Waals surface area (Å²) in [5, 5.41) is 2.17. The summed E-state index contributed by atoms with van der Waals surface area (Å²) >= 11 is 0. The van der Waals surface area contributed by atoms with Crippen molar-refractivity contribution in [2.24, 2.45) is 0 Å². The topological polar surface area (TPSA) is 17.2 Å². The van der Waals surface area contributed by atoms with E-state index in [2.05, 4.69) is 9.83 Å². The summed E-state index contributed by atoms with van der Waals surface area (Å²) in [5.74, 6) is 0. The van der Waals surface area contributed by atoms with Crippen molar-refractivity contribution in [3.8, 4) is 0 Å². The lowest BCUT2D eigenvalue weighted by atomic mass is 10.1. The Kier molecular flexibility index (Phi) is 1.71. The molecule has 1 heterocycles. The van der Waals surface area contributed by atoms with Crippen LogP contribution >= 0.6 is 0 Å². The van der Waals surface area contributed by atoms with Crippen molar-refractivity contribution in [1.82, 2.24) is 4.98 Å². The molecule has 0 aliphatic rings. The number of fused-ring (bicyclic) bond motifs is 1. The zero-order valence-electron chi connectivity index (χ0n) is 7.28. The van der Waals surface area contributed by atoms with Crippen LogP contribution in [0.1, 0.15) is 5.69 Å². The maximum absolute atomic E-state index is 6.88. The van der Waals surface area contributed by atoms with E-state index in [1.54, 1.807) is 0 Å². The van der Waals surface area contributed by atoms with Crippen LogP contribution in [-0.4, -0.2) is 4.98 Å². The van der Waals surface area contributed by atoms with Gasteiger partial charge >= 0.3 is 0 Å². The van der Waals surface area contributed by atoms with Crippen molar-refractivity contribution in [2.75, 3.05) is 0 Å². The number of pyridine rings is 1. The molecule has 2 rings (SSSR count). The molecule has 0 aliphatic heterocycles. The molecule has 0 spiro atoms. The summed E-state index contributed by atoms with van der Waals surface area (Å²) in [7, 11) is 0. The standard InChI is InChI=1S/C11H8N2/c1-8-5-10-6-11(12-2)4-3-9(10)7-13-8/h3-7H,1H3. The second kappa shape index (κ2) is 2.87. The van der Waals surface area contributed by atoms with E-state index >= 15 is 0 Å². The summed E-state index contributed by atoms with van der Waals surface area (Å²) in [4.78, 5) is 7.57. The highest BCUT2D eigenvalue weighted by atomic mass is 14.7. The van der Waals surface area contributed by atoms with Gasteiger partial charge in [0.25, 0.3) is 0 Å². The smallest absolute Gasteiger partial charge is 0.187 e. The summed E-state index contributed by atoms with van der Waals surface area (Å²) in [6.45, 7) is 8.83. The Morgan fingerprint density at radius 1 is 1.23 bits per heavy atom. The van der Waals surface area contributed by atoms with Crippen LogP contribution in [0.2, 0.25) is 0 Å². The number of hydrogen-bond donors (Lipinski definition) is 0. The van der Waals surface area contributed by atoms with Gasteiger partial charge in [-0.25, -0.2) is 4.85 Å². The molecule has 0 saturated heterocycles. The third-order valence-electron chi connectivity index (χ3n) is 1.97. The average molecular weight is 168 g/mol. The highest BCUT2D eigenvalue weighted by Crippen LogP contribution is 2.20. The highest BCUT2D eigenvalue weighted by molar-refractivity contribution is 5.85. The number of hydrogen-bond acceptors (Lipinski definition) is 1. The third-order valence-corrected chi connectivity index (χ3v) is 1.97. The van der Waals surface area contributed by atoms with Gasteiger partial charge in [-0.1, -0.05) is 12.1 Å². The van der Waals surface area contributed by atoms with Crippen molar-refractivity contribution >= 4 is 16.5 Å². The van der Waals surface area contributed by atoms with E-state index in [1.807, 2.05) is 37.4 Å². The molecular formula is C11H8N2. The van der Waals surface area contributed by atoms with Crippen LogP contribution in [0, 0.1) is 13.5 Å². The van der Waals surface area contributed by atoms with Crippen LogP contribution in [0.4, 0.5) is 5.69 Å².